The van der Waals surface area contributed by atoms with E-state index in [1.54, 1.807) is 0 Å². The molecule has 2 aromatic carbocycles. The number of hydrazine groups is 1. The van der Waals surface area contributed by atoms with Gasteiger partial charge in [-0.2, -0.15) is 0 Å². The van der Waals surface area contributed by atoms with Gasteiger partial charge < -0.3 is 5.73 Å². The Morgan fingerprint density at radius 2 is 1.60 bits per heavy atom. The van der Waals surface area contributed by atoms with E-state index in [1.165, 1.54) is 0 Å². The molecule has 0 aromatic heterocycles. The molecule has 0 saturated heterocycles. The summed E-state index contributed by atoms with van der Waals surface area (Å²) in [5.74, 6) is 0. The van der Waals surface area contributed by atoms with Crippen LogP contribution in [0.1, 0.15) is 17.2 Å². The number of benzene rings is 2. The van der Waals surface area contributed by atoms with Crippen LogP contribution in [0.2, 0.25) is 0 Å². The Kier molecular flexibility index (Phi) is 3.39. The number of thiocarbonyl (C=S) groups is 1. The van der Waals surface area contributed by atoms with Crippen LogP contribution in [0.15, 0.2) is 66.7 Å². The van der Waals surface area contributed by atoms with Crippen molar-refractivity contribution in [2.75, 3.05) is 0 Å². The smallest absolute Gasteiger partial charge is 0.186 e. The highest BCUT2D eigenvalue weighted by Crippen LogP contribution is 2.30. The van der Waals surface area contributed by atoms with Crippen LogP contribution >= 0.6 is 12.2 Å². The Hall–Kier alpha value is -2.33. The molecule has 3 nitrogen and oxygen atoms in total. The topological polar surface area (TPSA) is 41.3 Å². The largest absolute Gasteiger partial charge is 0.375 e. The highest BCUT2D eigenvalue weighted by molar-refractivity contribution is 7.80. The first kappa shape index (κ1) is 12.7. The minimum absolute atomic E-state index is 0.0175. The van der Waals surface area contributed by atoms with Gasteiger partial charge in [-0.15, -0.1) is 0 Å². The molecule has 100 valence electrons. The van der Waals surface area contributed by atoms with E-state index in [1.807, 2.05) is 41.4 Å². The Morgan fingerprint density at radius 1 is 1.00 bits per heavy atom. The fourth-order valence-electron chi connectivity index (χ4n) is 2.34. The summed E-state index contributed by atoms with van der Waals surface area (Å²) in [6.07, 6.45) is 2.14. The summed E-state index contributed by atoms with van der Waals surface area (Å²) in [5.41, 5.74) is 12.4. The quantitative estimate of drug-likeness (QED) is 0.831. The molecule has 1 atom stereocenters. The van der Waals surface area contributed by atoms with Gasteiger partial charge in [0.25, 0.3) is 0 Å². The summed E-state index contributed by atoms with van der Waals surface area (Å²) >= 11 is 5.14. The van der Waals surface area contributed by atoms with E-state index < -0.39 is 0 Å². The third kappa shape index (κ3) is 2.38. The van der Waals surface area contributed by atoms with Gasteiger partial charge in [0.05, 0.1) is 11.7 Å². The Balaban J connectivity index is 1.98. The summed E-state index contributed by atoms with van der Waals surface area (Å²) in [6.45, 7) is 0. The number of nitrogens with zero attached hydrogens (tertiary/aromatic N) is 1. The molecule has 0 radical (unpaired) electrons. The zero-order valence-corrected chi connectivity index (χ0v) is 11.7. The van der Waals surface area contributed by atoms with E-state index in [0.717, 1.165) is 16.8 Å². The molecular weight excluding hydrogens is 266 g/mol. The molecule has 3 rings (SSSR count). The maximum Gasteiger partial charge on any atom is 0.186 e. The zero-order chi connectivity index (χ0) is 13.9. The van der Waals surface area contributed by atoms with Gasteiger partial charge in [0, 0.05) is 0 Å². The van der Waals surface area contributed by atoms with Gasteiger partial charge in [0.2, 0.25) is 0 Å². The highest BCUT2D eigenvalue weighted by atomic mass is 32.1. The molecule has 2 aromatic rings. The molecule has 1 unspecified atom stereocenters. The van der Waals surface area contributed by atoms with Gasteiger partial charge in [-0.3, -0.25) is 10.4 Å². The summed E-state index contributed by atoms with van der Waals surface area (Å²) in [6, 6.07) is 20.3. The van der Waals surface area contributed by atoms with Crippen LogP contribution in [0.3, 0.4) is 0 Å². The lowest BCUT2D eigenvalue weighted by molar-refractivity contribution is 0.345. The maximum atomic E-state index is 5.83. The second-order valence-corrected chi connectivity index (χ2v) is 5.04. The molecule has 1 aliphatic rings. The first-order valence-electron chi connectivity index (χ1n) is 6.43. The summed E-state index contributed by atoms with van der Waals surface area (Å²) in [5, 5.41) is 2.15. The van der Waals surface area contributed by atoms with Crippen molar-refractivity contribution in [3.05, 3.63) is 77.9 Å². The molecule has 0 spiro atoms. The predicted molar refractivity (Wildman–Crippen MR) is 85.4 cm³/mol. The lowest BCUT2D eigenvalue weighted by Gasteiger charge is -2.25. The van der Waals surface area contributed by atoms with Crippen LogP contribution in [0.4, 0.5) is 0 Å². The van der Waals surface area contributed by atoms with Gasteiger partial charge in [0.15, 0.2) is 5.11 Å². The van der Waals surface area contributed by atoms with Crippen LogP contribution in [0.5, 0.6) is 0 Å². The second kappa shape index (κ2) is 5.35. The third-order valence-electron chi connectivity index (χ3n) is 3.31. The van der Waals surface area contributed by atoms with Gasteiger partial charge in [-0.1, -0.05) is 60.7 Å². The first-order chi connectivity index (χ1) is 9.75. The van der Waals surface area contributed by atoms with Crippen molar-refractivity contribution in [3.8, 4) is 0 Å². The maximum absolute atomic E-state index is 5.83. The molecule has 3 N–H and O–H groups in total. The van der Waals surface area contributed by atoms with Crippen molar-refractivity contribution < 1.29 is 0 Å². The van der Waals surface area contributed by atoms with Gasteiger partial charge in [-0.05, 0) is 29.4 Å². The molecule has 0 saturated carbocycles. The molecule has 0 bridgehead atoms. The molecular formula is C16H15N3S. The zero-order valence-electron chi connectivity index (χ0n) is 10.9. The van der Waals surface area contributed by atoms with Crippen LogP contribution < -0.4 is 11.2 Å². The number of nitrogens with two attached hydrogens (primary N) is 1. The minimum Gasteiger partial charge on any atom is -0.375 e. The van der Waals surface area contributed by atoms with E-state index in [4.69, 9.17) is 18.0 Å². The SMILES string of the molecule is NC(=S)N1NC(c2ccccc2)=CC1c1ccccc1. The molecule has 1 aliphatic heterocycles. The number of nitrogens with one attached hydrogen (secondary N) is 1. The van der Waals surface area contributed by atoms with Gasteiger partial charge in [0.1, 0.15) is 0 Å². The van der Waals surface area contributed by atoms with Crippen molar-refractivity contribution in [1.29, 1.82) is 0 Å². The molecule has 20 heavy (non-hydrogen) atoms. The van der Waals surface area contributed by atoms with Gasteiger partial charge >= 0.3 is 0 Å². The monoisotopic (exact) mass is 281 g/mol. The van der Waals surface area contributed by atoms with Gasteiger partial charge in [-0.25, -0.2) is 0 Å². The molecule has 1 heterocycles. The third-order valence-corrected chi connectivity index (χ3v) is 3.50. The lowest BCUT2D eigenvalue weighted by atomic mass is 10.1. The fourth-order valence-corrected chi connectivity index (χ4v) is 2.49. The number of hydrogen-bond donors (Lipinski definition) is 2. The Morgan fingerprint density at radius 3 is 2.20 bits per heavy atom. The average molecular weight is 281 g/mol. The van der Waals surface area contributed by atoms with E-state index in [2.05, 4.69) is 35.8 Å². The van der Waals surface area contributed by atoms with E-state index >= 15 is 0 Å². The van der Waals surface area contributed by atoms with E-state index in [9.17, 15) is 0 Å². The lowest BCUT2D eigenvalue weighted by Crippen LogP contribution is -2.42. The van der Waals surface area contributed by atoms with Crippen molar-refractivity contribution in [2.24, 2.45) is 5.73 Å². The first-order valence-corrected chi connectivity index (χ1v) is 6.84. The molecule has 0 aliphatic carbocycles. The standard InChI is InChI=1S/C16H15N3S/c17-16(20)19-15(13-9-5-2-6-10-13)11-14(18-19)12-7-3-1-4-8-12/h1-11,15,18H,(H2,17,20). The normalized spacial score (nSPS) is 17.5. The number of hydrogen-bond acceptors (Lipinski definition) is 2. The molecule has 4 heteroatoms. The summed E-state index contributed by atoms with van der Waals surface area (Å²) < 4.78 is 0. The van der Waals surface area contributed by atoms with Crippen molar-refractivity contribution >= 4 is 23.0 Å². The second-order valence-electron chi connectivity index (χ2n) is 4.62. The van der Waals surface area contributed by atoms with E-state index in [-0.39, 0.29) is 6.04 Å². The van der Waals surface area contributed by atoms with Crippen molar-refractivity contribution in [1.82, 2.24) is 10.4 Å². The highest BCUT2D eigenvalue weighted by Gasteiger charge is 2.27. The van der Waals surface area contributed by atoms with E-state index in [0.29, 0.717) is 5.11 Å². The number of rotatable bonds is 2. The predicted octanol–water partition coefficient (Wildman–Crippen LogP) is 2.83. The van der Waals surface area contributed by atoms with Crippen molar-refractivity contribution in [3.63, 3.8) is 0 Å². The summed E-state index contributed by atoms with van der Waals surface area (Å²) in [7, 11) is 0. The Bertz CT molecular complexity index is 637. The van der Waals surface area contributed by atoms with Crippen LogP contribution in [-0.4, -0.2) is 10.1 Å². The Labute approximate surface area is 123 Å². The summed E-state index contributed by atoms with van der Waals surface area (Å²) in [4.78, 5) is 0. The van der Waals surface area contributed by atoms with Crippen LogP contribution in [0, 0.1) is 0 Å². The molecule has 0 amide bonds. The molecule has 0 fully saturated rings. The average Bonchev–Trinajstić information content (AvgIpc) is 2.94. The van der Waals surface area contributed by atoms with Crippen molar-refractivity contribution in [2.45, 2.75) is 6.04 Å². The van der Waals surface area contributed by atoms with Crippen LogP contribution in [0.25, 0.3) is 5.70 Å². The minimum atomic E-state index is 0.0175. The van der Waals surface area contributed by atoms with Crippen LogP contribution in [-0.2, 0) is 0 Å². The fraction of sp³-hybridized carbons (Fsp3) is 0.0625.